The molecule has 0 fully saturated rings. The van der Waals surface area contributed by atoms with Gasteiger partial charge in [-0.1, -0.05) is 0 Å². The Morgan fingerprint density at radius 1 is 1.24 bits per heavy atom. The first-order valence-corrected chi connectivity index (χ1v) is 9.89. The maximum Gasteiger partial charge on any atom is 0.344 e. The summed E-state index contributed by atoms with van der Waals surface area (Å²) in [5.74, 6) is -0.315. The normalized spacial score (nSPS) is 13.1. The van der Waals surface area contributed by atoms with Crippen molar-refractivity contribution in [1.29, 1.82) is 0 Å². The van der Waals surface area contributed by atoms with Crippen LogP contribution in [0, 0.1) is 10.1 Å². The maximum atomic E-state index is 12.5. The number of hydrogen-bond donors (Lipinski definition) is 0. The van der Waals surface area contributed by atoms with E-state index in [1.165, 1.54) is 46.5 Å². The lowest BCUT2D eigenvalue weighted by Crippen LogP contribution is -2.19. The van der Waals surface area contributed by atoms with Gasteiger partial charge in [0, 0.05) is 28.8 Å². The molecule has 1 aromatic carbocycles. The highest BCUT2D eigenvalue weighted by Gasteiger charge is 2.18. The number of hydrogen-bond acceptors (Lipinski definition) is 8. The van der Waals surface area contributed by atoms with E-state index < -0.39 is 10.9 Å². The van der Waals surface area contributed by atoms with Crippen molar-refractivity contribution in [3.63, 3.8) is 0 Å². The summed E-state index contributed by atoms with van der Waals surface area (Å²) < 4.78 is 12.1. The standard InChI is InChI=1S/C19H17N3O6S/c23-17-9-12(20-19-21(17)15-3-1-2-4-16(15)29-19)10-28-18(24)11-27-14-7-5-13(6-8-14)22(25)26/h5-9H,1-4,10-11H2. The fraction of sp³-hybridized carbons (Fsp3) is 0.316. The molecule has 0 saturated carbocycles. The lowest BCUT2D eigenvalue weighted by atomic mass is 10.0. The molecule has 0 amide bonds. The molecule has 0 atom stereocenters. The van der Waals surface area contributed by atoms with Crippen LogP contribution in [0.5, 0.6) is 5.75 Å². The molecule has 3 aromatic rings. The van der Waals surface area contributed by atoms with Crippen LogP contribution in [0.25, 0.3) is 4.96 Å². The SMILES string of the molecule is O=C(COc1ccc([N+](=O)[O-])cc1)OCc1cc(=O)n2c3c(sc2n1)CCCC3. The van der Waals surface area contributed by atoms with Crippen molar-refractivity contribution in [2.24, 2.45) is 0 Å². The van der Waals surface area contributed by atoms with Crippen LogP contribution in [0.2, 0.25) is 0 Å². The van der Waals surface area contributed by atoms with Crippen LogP contribution in [0.1, 0.15) is 29.1 Å². The Morgan fingerprint density at radius 2 is 2.00 bits per heavy atom. The molecule has 0 bridgehead atoms. The van der Waals surface area contributed by atoms with E-state index in [9.17, 15) is 19.7 Å². The first-order valence-electron chi connectivity index (χ1n) is 9.07. The number of aryl methyl sites for hydroxylation is 2. The molecule has 0 radical (unpaired) electrons. The zero-order valence-corrected chi connectivity index (χ0v) is 16.1. The van der Waals surface area contributed by atoms with Crippen molar-refractivity contribution in [3.05, 3.63) is 67.1 Å². The molecule has 1 aliphatic rings. The van der Waals surface area contributed by atoms with Crippen LogP contribution >= 0.6 is 11.3 Å². The zero-order chi connectivity index (χ0) is 20.4. The summed E-state index contributed by atoms with van der Waals surface area (Å²) in [6.45, 7) is -0.483. The molecule has 0 saturated heterocycles. The monoisotopic (exact) mass is 415 g/mol. The Kier molecular flexibility index (Phi) is 5.26. The molecular formula is C19H17N3O6S. The molecule has 0 unspecified atom stereocenters. The largest absolute Gasteiger partial charge is 0.482 e. The van der Waals surface area contributed by atoms with Crippen molar-refractivity contribution in [1.82, 2.24) is 9.38 Å². The smallest absolute Gasteiger partial charge is 0.344 e. The average Bonchev–Trinajstić information content (AvgIpc) is 3.10. The second kappa shape index (κ2) is 8.00. The third-order valence-electron chi connectivity index (χ3n) is 4.60. The molecular weight excluding hydrogens is 398 g/mol. The van der Waals surface area contributed by atoms with Crippen LogP contribution in [0.4, 0.5) is 5.69 Å². The first kappa shape index (κ1) is 19.1. The second-order valence-corrected chi connectivity index (χ2v) is 7.65. The number of thiazole rings is 1. The Hall–Kier alpha value is -3.27. The first-order chi connectivity index (χ1) is 14.0. The molecule has 2 heterocycles. The Morgan fingerprint density at radius 3 is 2.76 bits per heavy atom. The van der Waals surface area contributed by atoms with E-state index in [1.807, 2.05) is 0 Å². The summed E-state index contributed by atoms with van der Waals surface area (Å²) in [5.41, 5.74) is 1.21. The van der Waals surface area contributed by atoms with Gasteiger partial charge in [0.1, 0.15) is 12.4 Å². The lowest BCUT2D eigenvalue weighted by Gasteiger charge is -2.10. The predicted molar refractivity (Wildman–Crippen MR) is 104 cm³/mol. The molecule has 0 aliphatic heterocycles. The zero-order valence-electron chi connectivity index (χ0n) is 15.3. The van der Waals surface area contributed by atoms with Gasteiger partial charge in [0.15, 0.2) is 11.6 Å². The van der Waals surface area contributed by atoms with Gasteiger partial charge in [-0.3, -0.25) is 19.3 Å². The number of nitro benzene ring substituents is 1. The summed E-state index contributed by atoms with van der Waals surface area (Å²) in [6.07, 6.45) is 4.03. The number of ether oxygens (including phenoxy) is 2. The third-order valence-corrected chi connectivity index (χ3v) is 5.74. The number of benzene rings is 1. The number of fused-ring (bicyclic) bond motifs is 3. The predicted octanol–water partition coefficient (Wildman–Crippen LogP) is 2.67. The summed E-state index contributed by atoms with van der Waals surface area (Å²) in [7, 11) is 0. The van der Waals surface area contributed by atoms with E-state index in [1.54, 1.807) is 4.40 Å². The Labute approximate surface area is 168 Å². The highest BCUT2D eigenvalue weighted by Crippen LogP contribution is 2.28. The van der Waals surface area contributed by atoms with E-state index in [4.69, 9.17) is 9.47 Å². The lowest BCUT2D eigenvalue weighted by molar-refractivity contribution is -0.384. The summed E-state index contributed by atoms with van der Waals surface area (Å²) in [6, 6.07) is 6.77. The van der Waals surface area contributed by atoms with E-state index >= 15 is 0 Å². The van der Waals surface area contributed by atoms with E-state index in [0.717, 1.165) is 31.4 Å². The van der Waals surface area contributed by atoms with Gasteiger partial charge in [0.2, 0.25) is 0 Å². The third kappa shape index (κ3) is 4.11. The number of carbonyl (C=O) groups is 1. The van der Waals surface area contributed by atoms with Crippen LogP contribution in [0.15, 0.2) is 35.1 Å². The Bertz CT molecular complexity index is 1140. The van der Waals surface area contributed by atoms with Gasteiger partial charge in [0.25, 0.3) is 11.2 Å². The average molecular weight is 415 g/mol. The van der Waals surface area contributed by atoms with Crippen LogP contribution in [-0.2, 0) is 29.0 Å². The van der Waals surface area contributed by atoms with Crippen LogP contribution in [0.3, 0.4) is 0 Å². The van der Waals surface area contributed by atoms with Gasteiger partial charge < -0.3 is 9.47 Å². The fourth-order valence-corrected chi connectivity index (χ4v) is 4.45. The molecule has 0 N–H and O–H groups in total. The Balaban J connectivity index is 1.37. The quantitative estimate of drug-likeness (QED) is 0.345. The molecule has 1 aliphatic carbocycles. The van der Waals surface area contributed by atoms with Crippen LogP contribution in [-0.4, -0.2) is 26.9 Å². The molecule has 9 nitrogen and oxygen atoms in total. The minimum absolute atomic E-state index is 0.0667. The number of nitro groups is 1. The van der Waals surface area contributed by atoms with Gasteiger partial charge in [-0.25, -0.2) is 9.78 Å². The van der Waals surface area contributed by atoms with Crippen molar-refractivity contribution in [3.8, 4) is 5.75 Å². The molecule has 150 valence electrons. The van der Waals surface area contributed by atoms with Crippen molar-refractivity contribution < 1.29 is 19.2 Å². The van der Waals surface area contributed by atoms with Crippen molar-refractivity contribution >= 4 is 28.0 Å². The number of nitrogens with zero attached hydrogens (tertiary/aromatic N) is 3. The van der Waals surface area contributed by atoms with Gasteiger partial charge >= 0.3 is 5.97 Å². The summed E-state index contributed by atoms with van der Waals surface area (Å²) in [5, 5.41) is 10.6. The molecule has 29 heavy (non-hydrogen) atoms. The van der Waals surface area contributed by atoms with E-state index in [2.05, 4.69) is 4.98 Å². The number of carbonyl (C=O) groups excluding carboxylic acids is 1. The van der Waals surface area contributed by atoms with Gasteiger partial charge in [0.05, 0.1) is 10.6 Å². The van der Waals surface area contributed by atoms with Gasteiger partial charge in [-0.2, -0.15) is 0 Å². The molecule has 2 aromatic heterocycles. The molecule has 4 rings (SSSR count). The number of esters is 1. The van der Waals surface area contributed by atoms with Crippen molar-refractivity contribution in [2.75, 3.05) is 6.61 Å². The van der Waals surface area contributed by atoms with Gasteiger partial charge in [-0.15, -0.1) is 11.3 Å². The number of aromatic nitrogens is 2. The highest BCUT2D eigenvalue weighted by atomic mass is 32.1. The summed E-state index contributed by atoms with van der Waals surface area (Å²) in [4.78, 5) is 40.8. The number of rotatable bonds is 6. The van der Waals surface area contributed by atoms with Gasteiger partial charge in [-0.05, 0) is 37.8 Å². The minimum Gasteiger partial charge on any atom is -0.482 e. The highest BCUT2D eigenvalue weighted by molar-refractivity contribution is 7.17. The van der Waals surface area contributed by atoms with Crippen molar-refractivity contribution in [2.45, 2.75) is 32.3 Å². The fourth-order valence-electron chi connectivity index (χ4n) is 3.22. The number of non-ortho nitro benzene ring substituents is 1. The molecule has 0 spiro atoms. The topological polar surface area (TPSA) is 113 Å². The van der Waals surface area contributed by atoms with E-state index in [0.29, 0.717) is 16.4 Å². The second-order valence-electron chi connectivity index (χ2n) is 6.58. The minimum atomic E-state index is -0.629. The van der Waals surface area contributed by atoms with E-state index in [-0.39, 0.29) is 24.5 Å². The van der Waals surface area contributed by atoms with Crippen LogP contribution < -0.4 is 10.3 Å². The summed E-state index contributed by atoms with van der Waals surface area (Å²) >= 11 is 1.51. The molecule has 10 heteroatoms. The maximum absolute atomic E-state index is 12.5.